The Labute approximate surface area is 99.1 Å². The highest BCUT2D eigenvalue weighted by molar-refractivity contribution is 8.14. The molecule has 0 radical (unpaired) electrons. The Morgan fingerprint density at radius 1 is 1.53 bits per heavy atom. The van der Waals surface area contributed by atoms with Crippen molar-refractivity contribution in [2.75, 3.05) is 11.1 Å². The average Bonchev–Trinajstić information content (AvgIpc) is 2.17. The number of hydrogen-bond acceptors (Lipinski definition) is 3. The summed E-state index contributed by atoms with van der Waals surface area (Å²) >= 11 is 7.67. The van der Waals surface area contributed by atoms with Crippen LogP contribution in [0.5, 0.6) is 0 Å². The summed E-state index contributed by atoms with van der Waals surface area (Å²) in [4.78, 5) is 4.53. The summed E-state index contributed by atoms with van der Waals surface area (Å²) in [6.45, 7) is 2.14. The molecule has 0 aromatic heterocycles. The van der Waals surface area contributed by atoms with E-state index in [0.717, 1.165) is 28.1 Å². The van der Waals surface area contributed by atoms with Gasteiger partial charge in [-0.1, -0.05) is 29.4 Å². The zero-order valence-electron chi connectivity index (χ0n) is 8.53. The van der Waals surface area contributed by atoms with Gasteiger partial charge in [0.05, 0.1) is 6.04 Å². The van der Waals surface area contributed by atoms with Crippen molar-refractivity contribution in [3.8, 4) is 0 Å². The molecule has 0 bridgehead atoms. The Hall–Kier alpha value is -0.670. The van der Waals surface area contributed by atoms with Crippen molar-refractivity contribution in [2.45, 2.75) is 19.4 Å². The summed E-state index contributed by atoms with van der Waals surface area (Å²) in [6, 6.07) is 8.12. The SMILES string of the molecule is CC1CCSC(Nc2cccc(Cl)c2)=N1. The standard InChI is InChI=1S/C11H13ClN2S/c1-8-5-6-15-11(13-8)14-10-4-2-3-9(12)7-10/h2-4,7-8H,5-6H2,1H3,(H,13,14). The first-order valence-electron chi connectivity index (χ1n) is 4.97. The van der Waals surface area contributed by atoms with Crippen LogP contribution >= 0.6 is 23.4 Å². The molecule has 2 nitrogen and oxygen atoms in total. The van der Waals surface area contributed by atoms with E-state index in [1.807, 2.05) is 24.3 Å². The van der Waals surface area contributed by atoms with E-state index in [1.165, 1.54) is 0 Å². The number of nitrogens with zero attached hydrogens (tertiary/aromatic N) is 1. The Bertz CT molecular complexity index is 379. The van der Waals surface area contributed by atoms with Gasteiger partial charge in [0, 0.05) is 16.5 Å². The van der Waals surface area contributed by atoms with Crippen LogP contribution in [0.15, 0.2) is 29.3 Å². The summed E-state index contributed by atoms with van der Waals surface area (Å²) < 4.78 is 0. The lowest BCUT2D eigenvalue weighted by Crippen LogP contribution is -2.17. The molecule has 1 aliphatic rings. The number of halogens is 1. The van der Waals surface area contributed by atoms with Gasteiger partial charge in [-0.3, -0.25) is 4.99 Å². The van der Waals surface area contributed by atoms with E-state index < -0.39 is 0 Å². The van der Waals surface area contributed by atoms with Gasteiger partial charge in [-0.05, 0) is 31.5 Å². The number of anilines is 1. The van der Waals surface area contributed by atoms with Crippen molar-refractivity contribution >= 4 is 34.2 Å². The number of rotatable bonds is 1. The van der Waals surface area contributed by atoms with Crippen LogP contribution in [-0.4, -0.2) is 17.0 Å². The van der Waals surface area contributed by atoms with Crippen LogP contribution in [0.4, 0.5) is 5.69 Å². The van der Waals surface area contributed by atoms with Crippen LogP contribution in [0.2, 0.25) is 5.02 Å². The molecule has 1 heterocycles. The Kier molecular flexibility index (Phi) is 3.54. The Morgan fingerprint density at radius 3 is 3.13 bits per heavy atom. The first-order chi connectivity index (χ1) is 7.24. The molecule has 0 amide bonds. The van der Waals surface area contributed by atoms with E-state index in [9.17, 15) is 0 Å². The maximum absolute atomic E-state index is 5.90. The molecule has 15 heavy (non-hydrogen) atoms. The molecular weight excluding hydrogens is 228 g/mol. The molecule has 0 aliphatic carbocycles. The molecule has 1 aromatic carbocycles. The fourth-order valence-corrected chi connectivity index (χ4v) is 2.67. The number of nitrogens with one attached hydrogen (secondary N) is 1. The summed E-state index contributed by atoms with van der Waals surface area (Å²) in [7, 11) is 0. The fraction of sp³-hybridized carbons (Fsp3) is 0.364. The van der Waals surface area contributed by atoms with E-state index in [1.54, 1.807) is 11.8 Å². The van der Waals surface area contributed by atoms with Gasteiger partial charge in [0.2, 0.25) is 0 Å². The third-order valence-corrected chi connectivity index (χ3v) is 3.34. The normalized spacial score (nSPS) is 20.9. The van der Waals surface area contributed by atoms with E-state index in [-0.39, 0.29) is 0 Å². The summed E-state index contributed by atoms with van der Waals surface area (Å²) in [5, 5.41) is 5.02. The summed E-state index contributed by atoms with van der Waals surface area (Å²) in [5.41, 5.74) is 1.00. The predicted molar refractivity (Wildman–Crippen MR) is 69.0 cm³/mol. The molecule has 2 rings (SSSR count). The topological polar surface area (TPSA) is 24.4 Å². The van der Waals surface area contributed by atoms with Gasteiger partial charge in [0.25, 0.3) is 0 Å². The van der Waals surface area contributed by atoms with E-state index >= 15 is 0 Å². The average molecular weight is 241 g/mol. The third-order valence-electron chi connectivity index (χ3n) is 2.19. The van der Waals surface area contributed by atoms with Crippen molar-refractivity contribution in [1.29, 1.82) is 0 Å². The second-order valence-electron chi connectivity index (χ2n) is 3.56. The van der Waals surface area contributed by atoms with Gasteiger partial charge in [0.1, 0.15) is 0 Å². The highest BCUT2D eigenvalue weighted by Crippen LogP contribution is 2.21. The highest BCUT2D eigenvalue weighted by Gasteiger charge is 2.11. The smallest absolute Gasteiger partial charge is 0.161 e. The lowest BCUT2D eigenvalue weighted by molar-refractivity contribution is 0.720. The number of hydrogen-bond donors (Lipinski definition) is 1. The second kappa shape index (κ2) is 4.90. The van der Waals surface area contributed by atoms with Gasteiger partial charge in [-0.25, -0.2) is 0 Å². The highest BCUT2D eigenvalue weighted by atomic mass is 35.5. The number of amidine groups is 1. The zero-order valence-corrected chi connectivity index (χ0v) is 10.1. The van der Waals surface area contributed by atoms with Gasteiger partial charge >= 0.3 is 0 Å². The van der Waals surface area contributed by atoms with Crippen LogP contribution in [0.3, 0.4) is 0 Å². The number of benzene rings is 1. The predicted octanol–water partition coefficient (Wildman–Crippen LogP) is 3.63. The number of thioether (sulfide) groups is 1. The van der Waals surface area contributed by atoms with Crippen LogP contribution in [0.1, 0.15) is 13.3 Å². The van der Waals surface area contributed by atoms with Crippen LogP contribution in [-0.2, 0) is 0 Å². The lowest BCUT2D eigenvalue weighted by atomic mass is 10.3. The number of aliphatic imine (C=N–C) groups is 1. The van der Waals surface area contributed by atoms with Crippen molar-refractivity contribution in [3.63, 3.8) is 0 Å². The molecule has 1 aliphatic heterocycles. The largest absolute Gasteiger partial charge is 0.335 e. The monoisotopic (exact) mass is 240 g/mol. The van der Waals surface area contributed by atoms with E-state index in [4.69, 9.17) is 11.6 Å². The van der Waals surface area contributed by atoms with Crippen LogP contribution < -0.4 is 5.32 Å². The molecule has 1 atom stereocenters. The minimum atomic E-state index is 0.424. The van der Waals surface area contributed by atoms with Crippen molar-refractivity contribution in [2.24, 2.45) is 4.99 Å². The molecule has 0 fully saturated rings. The minimum Gasteiger partial charge on any atom is -0.335 e. The van der Waals surface area contributed by atoms with E-state index in [2.05, 4.69) is 17.2 Å². The van der Waals surface area contributed by atoms with E-state index in [0.29, 0.717) is 6.04 Å². The Morgan fingerprint density at radius 2 is 2.40 bits per heavy atom. The van der Waals surface area contributed by atoms with Crippen LogP contribution in [0.25, 0.3) is 0 Å². The van der Waals surface area contributed by atoms with Crippen molar-refractivity contribution in [3.05, 3.63) is 29.3 Å². The Balaban J connectivity index is 2.08. The van der Waals surface area contributed by atoms with Crippen molar-refractivity contribution in [1.82, 2.24) is 0 Å². The molecule has 1 N–H and O–H groups in total. The molecule has 0 spiro atoms. The summed E-state index contributed by atoms with van der Waals surface area (Å²) in [6.07, 6.45) is 1.16. The van der Waals surface area contributed by atoms with Gasteiger partial charge in [-0.15, -0.1) is 0 Å². The second-order valence-corrected chi connectivity index (χ2v) is 5.08. The van der Waals surface area contributed by atoms with Crippen LogP contribution in [0, 0.1) is 0 Å². The quantitative estimate of drug-likeness (QED) is 0.811. The molecule has 1 aromatic rings. The zero-order chi connectivity index (χ0) is 10.7. The van der Waals surface area contributed by atoms with Gasteiger partial charge in [-0.2, -0.15) is 0 Å². The minimum absolute atomic E-state index is 0.424. The molecule has 80 valence electrons. The fourth-order valence-electron chi connectivity index (χ4n) is 1.39. The van der Waals surface area contributed by atoms with Gasteiger partial charge in [0.15, 0.2) is 5.17 Å². The maximum Gasteiger partial charge on any atom is 0.161 e. The molecule has 0 saturated heterocycles. The first kappa shape index (κ1) is 10.8. The van der Waals surface area contributed by atoms with Gasteiger partial charge < -0.3 is 5.32 Å². The summed E-state index contributed by atoms with van der Waals surface area (Å²) in [5.74, 6) is 1.13. The molecular formula is C11H13ClN2S. The molecule has 1 unspecified atom stereocenters. The third kappa shape index (κ3) is 3.14. The maximum atomic E-state index is 5.90. The lowest BCUT2D eigenvalue weighted by Gasteiger charge is -2.17. The first-order valence-corrected chi connectivity index (χ1v) is 6.33. The van der Waals surface area contributed by atoms with Crippen molar-refractivity contribution < 1.29 is 0 Å². The molecule has 4 heteroatoms. The molecule has 0 saturated carbocycles.